The molecule has 0 spiro atoms. The summed E-state index contributed by atoms with van der Waals surface area (Å²) < 4.78 is 5.39. The Morgan fingerprint density at radius 2 is 1.78 bits per heavy atom. The standard InChI is InChI=1S/C23H30N2O2/c1-19-18-25(17-16-24(19)15-14-20-8-4-3-5-9-20)23(26)13-12-21-10-6-7-11-22(21)27-2/h3-11,19H,12-18H2,1-2H3. The summed E-state index contributed by atoms with van der Waals surface area (Å²) in [5, 5.41) is 0. The highest BCUT2D eigenvalue weighted by molar-refractivity contribution is 5.76. The van der Waals surface area contributed by atoms with Crippen molar-refractivity contribution in [2.75, 3.05) is 33.3 Å². The number of ether oxygens (including phenoxy) is 1. The predicted molar refractivity (Wildman–Crippen MR) is 109 cm³/mol. The summed E-state index contributed by atoms with van der Waals surface area (Å²) in [5.41, 5.74) is 2.47. The molecule has 4 nitrogen and oxygen atoms in total. The monoisotopic (exact) mass is 366 g/mol. The van der Waals surface area contributed by atoms with Crippen LogP contribution in [0.2, 0.25) is 0 Å². The van der Waals surface area contributed by atoms with Crippen molar-refractivity contribution in [3.63, 3.8) is 0 Å². The first-order valence-corrected chi connectivity index (χ1v) is 9.85. The number of aryl methyl sites for hydroxylation is 1. The van der Waals surface area contributed by atoms with Gasteiger partial charge in [0, 0.05) is 38.6 Å². The molecule has 3 rings (SSSR count). The summed E-state index contributed by atoms with van der Waals surface area (Å²) in [4.78, 5) is 17.2. The van der Waals surface area contributed by atoms with Crippen LogP contribution in [0.1, 0.15) is 24.5 Å². The number of carbonyl (C=O) groups excluding carboxylic acids is 1. The highest BCUT2D eigenvalue weighted by Gasteiger charge is 2.26. The fourth-order valence-electron chi connectivity index (χ4n) is 3.78. The first kappa shape index (κ1) is 19.4. The van der Waals surface area contributed by atoms with E-state index in [0.717, 1.165) is 50.3 Å². The minimum absolute atomic E-state index is 0.246. The number of amides is 1. The molecule has 0 aromatic heterocycles. The zero-order valence-corrected chi connectivity index (χ0v) is 16.4. The smallest absolute Gasteiger partial charge is 0.223 e. The molecule has 1 aliphatic heterocycles. The minimum Gasteiger partial charge on any atom is -0.496 e. The van der Waals surface area contributed by atoms with Gasteiger partial charge in [-0.25, -0.2) is 0 Å². The summed E-state index contributed by atoms with van der Waals surface area (Å²) in [6, 6.07) is 19.0. The normalized spacial score (nSPS) is 17.7. The van der Waals surface area contributed by atoms with Crippen LogP contribution in [0.15, 0.2) is 54.6 Å². The summed E-state index contributed by atoms with van der Waals surface area (Å²) in [7, 11) is 1.68. The lowest BCUT2D eigenvalue weighted by Gasteiger charge is -2.40. The molecule has 1 fully saturated rings. The molecule has 2 aromatic rings. The summed E-state index contributed by atoms with van der Waals surface area (Å²) in [5.74, 6) is 1.11. The van der Waals surface area contributed by atoms with E-state index >= 15 is 0 Å². The quantitative estimate of drug-likeness (QED) is 0.753. The van der Waals surface area contributed by atoms with E-state index in [2.05, 4.69) is 42.2 Å². The summed E-state index contributed by atoms with van der Waals surface area (Å²) >= 11 is 0. The van der Waals surface area contributed by atoms with Crippen molar-refractivity contribution in [1.82, 2.24) is 9.80 Å². The number of para-hydroxylation sites is 1. The third-order valence-electron chi connectivity index (χ3n) is 5.45. The third kappa shape index (κ3) is 5.33. The van der Waals surface area contributed by atoms with Gasteiger partial charge in [0.05, 0.1) is 7.11 Å². The van der Waals surface area contributed by atoms with Crippen LogP contribution in [0.4, 0.5) is 0 Å². The molecule has 1 amide bonds. The van der Waals surface area contributed by atoms with E-state index in [4.69, 9.17) is 4.74 Å². The van der Waals surface area contributed by atoms with Crippen LogP contribution in [-0.4, -0.2) is 55.0 Å². The molecule has 27 heavy (non-hydrogen) atoms. The molecule has 1 unspecified atom stereocenters. The molecule has 0 N–H and O–H groups in total. The van der Waals surface area contributed by atoms with Crippen LogP contribution in [0.25, 0.3) is 0 Å². The molecule has 0 aliphatic carbocycles. The van der Waals surface area contributed by atoms with Gasteiger partial charge >= 0.3 is 0 Å². The summed E-state index contributed by atoms with van der Waals surface area (Å²) in [6.07, 6.45) is 2.33. The number of nitrogens with zero attached hydrogens (tertiary/aromatic N) is 2. The number of carbonyl (C=O) groups is 1. The SMILES string of the molecule is COc1ccccc1CCC(=O)N1CCN(CCc2ccccc2)C(C)C1. The Morgan fingerprint density at radius 1 is 1.04 bits per heavy atom. The molecule has 1 atom stereocenters. The predicted octanol–water partition coefficient (Wildman–Crippen LogP) is 3.40. The van der Waals surface area contributed by atoms with Crippen molar-refractivity contribution in [1.29, 1.82) is 0 Å². The molecule has 1 saturated heterocycles. The van der Waals surface area contributed by atoms with Crippen LogP contribution in [-0.2, 0) is 17.6 Å². The molecular weight excluding hydrogens is 336 g/mol. The Hall–Kier alpha value is -2.33. The Bertz CT molecular complexity index is 732. The second-order valence-electron chi connectivity index (χ2n) is 7.27. The van der Waals surface area contributed by atoms with Crippen molar-refractivity contribution in [2.45, 2.75) is 32.2 Å². The lowest BCUT2D eigenvalue weighted by molar-refractivity contribution is -0.134. The van der Waals surface area contributed by atoms with Gasteiger partial charge in [0.1, 0.15) is 5.75 Å². The maximum Gasteiger partial charge on any atom is 0.223 e. The van der Waals surface area contributed by atoms with Gasteiger partial charge in [-0.2, -0.15) is 0 Å². The molecule has 0 saturated carbocycles. The zero-order chi connectivity index (χ0) is 19.1. The van der Waals surface area contributed by atoms with E-state index in [1.807, 2.05) is 29.2 Å². The second-order valence-corrected chi connectivity index (χ2v) is 7.27. The first-order valence-electron chi connectivity index (χ1n) is 9.85. The highest BCUT2D eigenvalue weighted by Crippen LogP contribution is 2.20. The Labute approximate surface area is 162 Å². The van der Waals surface area contributed by atoms with Crippen molar-refractivity contribution in [3.8, 4) is 5.75 Å². The molecule has 2 aromatic carbocycles. The molecule has 1 heterocycles. The first-order chi connectivity index (χ1) is 13.2. The van der Waals surface area contributed by atoms with Gasteiger partial charge in [-0.15, -0.1) is 0 Å². The van der Waals surface area contributed by atoms with E-state index in [9.17, 15) is 4.79 Å². The lowest BCUT2D eigenvalue weighted by Crippen LogP contribution is -2.54. The van der Waals surface area contributed by atoms with Gasteiger partial charge in [0.2, 0.25) is 5.91 Å². The van der Waals surface area contributed by atoms with Gasteiger partial charge in [-0.05, 0) is 37.0 Å². The fourth-order valence-corrected chi connectivity index (χ4v) is 3.78. The fraction of sp³-hybridized carbons (Fsp3) is 0.435. The van der Waals surface area contributed by atoms with Crippen molar-refractivity contribution >= 4 is 5.91 Å². The van der Waals surface area contributed by atoms with Gasteiger partial charge in [-0.3, -0.25) is 9.69 Å². The molecule has 0 radical (unpaired) electrons. The van der Waals surface area contributed by atoms with Gasteiger partial charge < -0.3 is 9.64 Å². The van der Waals surface area contributed by atoms with Gasteiger partial charge in [0.15, 0.2) is 0 Å². The van der Waals surface area contributed by atoms with Gasteiger partial charge in [0.25, 0.3) is 0 Å². The van der Waals surface area contributed by atoms with Crippen LogP contribution in [0, 0.1) is 0 Å². The average molecular weight is 367 g/mol. The number of benzene rings is 2. The van der Waals surface area contributed by atoms with Crippen LogP contribution in [0.3, 0.4) is 0 Å². The summed E-state index contributed by atoms with van der Waals surface area (Å²) in [6.45, 7) is 5.87. The van der Waals surface area contributed by atoms with Crippen molar-refractivity contribution in [3.05, 3.63) is 65.7 Å². The molecule has 4 heteroatoms. The Kier molecular flexibility index (Phi) is 6.88. The molecule has 144 valence electrons. The molecular formula is C23H30N2O2. The average Bonchev–Trinajstić information content (AvgIpc) is 2.72. The van der Waals surface area contributed by atoms with Crippen molar-refractivity contribution < 1.29 is 9.53 Å². The van der Waals surface area contributed by atoms with E-state index in [1.54, 1.807) is 7.11 Å². The topological polar surface area (TPSA) is 32.8 Å². The highest BCUT2D eigenvalue weighted by atomic mass is 16.5. The van der Waals surface area contributed by atoms with E-state index in [0.29, 0.717) is 12.5 Å². The van der Waals surface area contributed by atoms with Gasteiger partial charge in [-0.1, -0.05) is 48.5 Å². The Morgan fingerprint density at radius 3 is 2.52 bits per heavy atom. The number of piperazine rings is 1. The maximum absolute atomic E-state index is 12.7. The molecule has 1 aliphatic rings. The molecule has 0 bridgehead atoms. The van der Waals surface area contributed by atoms with E-state index in [1.165, 1.54) is 5.56 Å². The van der Waals surface area contributed by atoms with E-state index < -0.39 is 0 Å². The largest absolute Gasteiger partial charge is 0.496 e. The third-order valence-corrected chi connectivity index (χ3v) is 5.45. The zero-order valence-electron chi connectivity index (χ0n) is 16.4. The lowest BCUT2D eigenvalue weighted by atomic mass is 10.1. The Balaban J connectivity index is 1.46. The number of methoxy groups -OCH3 is 1. The number of rotatable bonds is 7. The van der Waals surface area contributed by atoms with Crippen molar-refractivity contribution in [2.24, 2.45) is 0 Å². The number of hydrogen-bond acceptors (Lipinski definition) is 3. The second kappa shape index (κ2) is 9.56. The van der Waals surface area contributed by atoms with Crippen LogP contribution in [0.5, 0.6) is 5.75 Å². The van der Waals surface area contributed by atoms with E-state index in [-0.39, 0.29) is 5.91 Å². The number of hydrogen-bond donors (Lipinski definition) is 0. The van der Waals surface area contributed by atoms with Crippen LogP contribution < -0.4 is 4.74 Å². The minimum atomic E-state index is 0.246. The maximum atomic E-state index is 12.7. The van der Waals surface area contributed by atoms with Crippen LogP contribution >= 0.6 is 0 Å².